The summed E-state index contributed by atoms with van der Waals surface area (Å²) in [6.07, 6.45) is 4.15. The number of anilines is 1. The van der Waals surface area contributed by atoms with Crippen LogP contribution in [0.1, 0.15) is 24.0 Å². The minimum atomic E-state index is -0.171. The predicted molar refractivity (Wildman–Crippen MR) is 101 cm³/mol. The SMILES string of the molecule is O=C(Nc1ccc(OC[C@H]2CCCO2)cc1)NC1Cc2ccccc2C1. The highest BCUT2D eigenvalue weighted by molar-refractivity contribution is 5.89. The van der Waals surface area contributed by atoms with E-state index < -0.39 is 0 Å². The van der Waals surface area contributed by atoms with Crippen molar-refractivity contribution in [3.63, 3.8) is 0 Å². The second kappa shape index (κ2) is 7.79. The molecule has 2 aliphatic rings. The maximum Gasteiger partial charge on any atom is 0.319 e. The molecule has 0 saturated carbocycles. The largest absolute Gasteiger partial charge is 0.491 e. The first-order valence-electron chi connectivity index (χ1n) is 9.25. The van der Waals surface area contributed by atoms with Gasteiger partial charge >= 0.3 is 6.03 Å². The zero-order chi connectivity index (χ0) is 17.8. The number of carbonyl (C=O) groups is 1. The van der Waals surface area contributed by atoms with Crippen molar-refractivity contribution in [3.8, 4) is 5.75 Å². The van der Waals surface area contributed by atoms with Gasteiger partial charge in [0.25, 0.3) is 0 Å². The van der Waals surface area contributed by atoms with Crippen LogP contribution in [0, 0.1) is 0 Å². The van der Waals surface area contributed by atoms with Crippen molar-refractivity contribution in [2.45, 2.75) is 37.8 Å². The molecule has 26 heavy (non-hydrogen) atoms. The summed E-state index contributed by atoms with van der Waals surface area (Å²) in [6.45, 7) is 1.41. The number of hydrogen-bond acceptors (Lipinski definition) is 3. The first kappa shape index (κ1) is 16.9. The lowest BCUT2D eigenvalue weighted by atomic mass is 10.1. The topological polar surface area (TPSA) is 59.6 Å². The third-order valence-electron chi connectivity index (χ3n) is 4.96. The van der Waals surface area contributed by atoms with Crippen LogP contribution in [0.25, 0.3) is 0 Å². The molecule has 136 valence electrons. The number of ether oxygens (including phenoxy) is 2. The van der Waals surface area contributed by atoms with Crippen molar-refractivity contribution in [2.75, 3.05) is 18.5 Å². The molecule has 0 spiro atoms. The van der Waals surface area contributed by atoms with E-state index in [1.54, 1.807) is 0 Å². The fraction of sp³-hybridized carbons (Fsp3) is 0.381. The van der Waals surface area contributed by atoms with E-state index in [4.69, 9.17) is 9.47 Å². The molecule has 5 heteroatoms. The Morgan fingerprint density at radius 3 is 2.46 bits per heavy atom. The fourth-order valence-corrected chi connectivity index (χ4v) is 3.61. The van der Waals surface area contributed by atoms with Crippen LogP contribution in [0.3, 0.4) is 0 Å². The van der Waals surface area contributed by atoms with E-state index in [-0.39, 0.29) is 18.2 Å². The van der Waals surface area contributed by atoms with Gasteiger partial charge in [-0.25, -0.2) is 4.79 Å². The first-order chi connectivity index (χ1) is 12.8. The highest BCUT2D eigenvalue weighted by Gasteiger charge is 2.22. The Morgan fingerprint density at radius 1 is 1.08 bits per heavy atom. The fourth-order valence-electron chi connectivity index (χ4n) is 3.61. The highest BCUT2D eigenvalue weighted by Crippen LogP contribution is 2.22. The first-order valence-corrected chi connectivity index (χ1v) is 9.25. The standard InChI is InChI=1S/C21H24N2O3/c24-21(23-18-12-15-4-1-2-5-16(15)13-18)22-17-7-9-19(10-8-17)26-14-20-6-3-11-25-20/h1-2,4-5,7-10,18,20H,3,6,11-14H2,(H2,22,23,24)/t20-/m1/s1. The molecular weight excluding hydrogens is 328 g/mol. The molecule has 0 radical (unpaired) electrons. The number of carbonyl (C=O) groups excluding carboxylic acids is 1. The summed E-state index contributed by atoms with van der Waals surface area (Å²) in [7, 11) is 0. The summed E-state index contributed by atoms with van der Waals surface area (Å²) in [5, 5.41) is 5.94. The number of urea groups is 1. The van der Waals surface area contributed by atoms with Crippen molar-refractivity contribution in [1.82, 2.24) is 5.32 Å². The minimum Gasteiger partial charge on any atom is -0.491 e. The average molecular weight is 352 g/mol. The van der Waals surface area contributed by atoms with Gasteiger partial charge in [0.05, 0.1) is 6.10 Å². The maximum absolute atomic E-state index is 12.2. The molecule has 2 aromatic rings. The summed E-state index contributed by atoms with van der Waals surface area (Å²) in [5.41, 5.74) is 3.40. The van der Waals surface area contributed by atoms with E-state index in [1.165, 1.54) is 11.1 Å². The van der Waals surface area contributed by atoms with Crippen LogP contribution in [0.2, 0.25) is 0 Å². The van der Waals surface area contributed by atoms with Crippen LogP contribution in [0.5, 0.6) is 5.75 Å². The van der Waals surface area contributed by atoms with Gasteiger partial charge in [0.1, 0.15) is 12.4 Å². The Labute approximate surface area is 153 Å². The van der Waals surface area contributed by atoms with Crippen LogP contribution in [-0.4, -0.2) is 31.4 Å². The van der Waals surface area contributed by atoms with E-state index in [1.807, 2.05) is 36.4 Å². The predicted octanol–water partition coefficient (Wildman–Crippen LogP) is 3.53. The van der Waals surface area contributed by atoms with E-state index in [9.17, 15) is 4.79 Å². The Bertz CT molecular complexity index is 729. The number of rotatable bonds is 5. The summed E-state index contributed by atoms with van der Waals surface area (Å²) in [4.78, 5) is 12.2. The van der Waals surface area contributed by atoms with Gasteiger partial charge in [0, 0.05) is 18.3 Å². The molecule has 4 rings (SSSR count). The molecule has 0 bridgehead atoms. The molecule has 1 atom stereocenters. The molecule has 0 unspecified atom stereocenters. The van der Waals surface area contributed by atoms with Gasteiger partial charge in [0.15, 0.2) is 0 Å². The van der Waals surface area contributed by atoms with E-state index in [2.05, 4.69) is 22.8 Å². The van der Waals surface area contributed by atoms with Crippen molar-refractivity contribution < 1.29 is 14.3 Å². The van der Waals surface area contributed by atoms with E-state index in [0.717, 1.165) is 43.7 Å². The molecular formula is C21H24N2O3. The summed E-state index contributed by atoms with van der Waals surface area (Å²) < 4.78 is 11.3. The average Bonchev–Trinajstić information content (AvgIpc) is 3.30. The molecule has 1 heterocycles. The number of fused-ring (bicyclic) bond motifs is 1. The Hall–Kier alpha value is -2.53. The smallest absolute Gasteiger partial charge is 0.319 e. The van der Waals surface area contributed by atoms with Gasteiger partial charge in [-0.1, -0.05) is 24.3 Å². The molecule has 2 N–H and O–H groups in total. The number of nitrogens with one attached hydrogen (secondary N) is 2. The van der Waals surface area contributed by atoms with Crippen LogP contribution in [-0.2, 0) is 17.6 Å². The Balaban J connectivity index is 1.24. The highest BCUT2D eigenvalue weighted by atomic mass is 16.5. The quantitative estimate of drug-likeness (QED) is 0.865. The molecule has 2 amide bonds. The zero-order valence-electron chi connectivity index (χ0n) is 14.7. The van der Waals surface area contributed by atoms with E-state index in [0.29, 0.717) is 6.61 Å². The number of benzene rings is 2. The van der Waals surface area contributed by atoms with Crippen molar-refractivity contribution >= 4 is 11.7 Å². The summed E-state index contributed by atoms with van der Waals surface area (Å²) in [6, 6.07) is 15.8. The van der Waals surface area contributed by atoms with Crippen LogP contribution in [0.4, 0.5) is 10.5 Å². The van der Waals surface area contributed by atoms with Crippen LogP contribution < -0.4 is 15.4 Å². The van der Waals surface area contributed by atoms with Crippen molar-refractivity contribution in [1.29, 1.82) is 0 Å². The van der Waals surface area contributed by atoms with Gasteiger partial charge in [-0.15, -0.1) is 0 Å². The van der Waals surface area contributed by atoms with Gasteiger partial charge in [-0.05, 0) is 61.1 Å². The maximum atomic E-state index is 12.2. The molecule has 1 aliphatic carbocycles. The molecule has 5 nitrogen and oxygen atoms in total. The lowest BCUT2D eigenvalue weighted by Gasteiger charge is -2.14. The molecule has 1 fully saturated rings. The summed E-state index contributed by atoms with van der Waals surface area (Å²) in [5.74, 6) is 0.790. The molecule has 1 saturated heterocycles. The minimum absolute atomic E-state index is 0.154. The van der Waals surface area contributed by atoms with Crippen molar-refractivity contribution in [2.24, 2.45) is 0 Å². The molecule has 2 aromatic carbocycles. The normalized spacial score (nSPS) is 19.2. The third kappa shape index (κ3) is 4.17. The lowest BCUT2D eigenvalue weighted by molar-refractivity contribution is 0.0679. The molecule has 0 aromatic heterocycles. The lowest BCUT2D eigenvalue weighted by Crippen LogP contribution is -2.38. The Kier molecular flexibility index (Phi) is 5.07. The van der Waals surface area contributed by atoms with Crippen LogP contribution in [0.15, 0.2) is 48.5 Å². The van der Waals surface area contributed by atoms with Gasteiger partial charge < -0.3 is 20.1 Å². The van der Waals surface area contributed by atoms with E-state index >= 15 is 0 Å². The second-order valence-electron chi connectivity index (χ2n) is 6.94. The van der Waals surface area contributed by atoms with Crippen molar-refractivity contribution in [3.05, 3.63) is 59.7 Å². The van der Waals surface area contributed by atoms with Gasteiger partial charge in [0.2, 0.25) is 0 Å². The van der Waals surface area contributed by atoms with Gasteiger partial charge in [-0.3, -0.25) is 0 Å². The van der Waals surface area contributed by atoms with Crippen LogP contribution >= 0.6 is 0 Å². The number of hydrogen-bond donors (Lipinski definition) is 2. The Morgan fingerprint density at radius 2 is 1.81 bits per heavy atom. The number of amides is 2. The zero-order valence-corrected chi connectivity index (χ0v) is 14.7. The third-order valence-corrected chi connectivity index (χ3v) is 4.96. The van der Waals surface area contributed by atoms with Gasteiger partial charge in [-0.2, -0.15) is 0 Å². The summed E-state index contributed by atoms with van der Waals surface area (Å²) >= 11 is 0. The second-order valence-corrected chi connectivity index (χ2v) is 6.94. The monoisotopic (exact) mass is 352 g/mol. The molecule has 1 aliphatic heterocycles.